The predicted molar refractivity (Wildman–Crippen MR) is 161 cm³/mol. The number of alkyl halides is 2. The number of ether oxygens (including phenoxy) is 2. The van der Waals surface area contributed by atoms with Gasteiger partial charge in [0.25, 0.3) is 0 Å². The summed E-state index contributed by atoms with van der Waals surface area (Å²) in [5.41, 5.74) is 7.86. The number of benzene rings is 3. The summed E-state index contributed by atoms with van der Waals surface area (Å²) in [5.74, 6) is -1.97. The van der Waals surface area contributed by atoms with Crippen LogP contribution in [0.4, 0.5) is 11.4 Å². The van der Waals surface area contributed by atoms with Crippen LogP contribution in [0.25, 0.3) is 11.1 Å². The van der Waals surface area contributed by atoms with Gasteiger partial charge in [-0.15, -0.1) is 0 Å². The molecule has 0 aliphatic heterocycles. The molecular weight excluding hydrogens is 611 g/mol. The van der Waals surface area contributed by atoms with E-state index < -0.39 is 32.7 Å². The van der Waals surface area contributed by atoms with Crippen LogP contribution in [0.2, 0.25) is 5.02 Å². The van der Waals surface area contributed by atoms with Crippen molar-refractivity contribution in [2.45, 2.75) is 42.0 Å². The summed E-state index contributed by atoms with van der Waals surface area (Å²) in [6.07, 6.45) is 1.49. The van der Waals surface area contributed by atoms with Crippen LogP contribution in [0, 0.1) is 5.92 Å². The molecule has 218 valence electrons. The van der Waals surface area contributed by atoms with Gasteiger partial charge in [-0.05, 0) is 55.0 Å². The molecule has 1 amide bonds. The molecule has 0 aromatic heterocycles. The van der Waals surface area contributed by atoms with Gasteiger partial charge in [0, 0.05) is 5.56 Å². The van der Waals surface area contributed by atoms with E-state index in [1.165, 1.54) is 30.3 Å². The van der Waals surface area contributed by atoms with E-state index in [0.29, 0.717) is 16.7 Å². The van der Waals surface area contributed by atoms with Gasteiger partial charge in [0.1, 0.15) is 5.69 Å². The third-order valence-electron chi connectivity index (χ3n) is 6.57. The maximum Gasteiger partial charge on any atom is 0.306 e. The largest absolute Gasteiger partial charge is 0.466 e. The van der Waals surface area contributed by atoms with Crippen LogP contribution in [0.3, 0.4) is 0 Å². The summed E-state index contributed by atoms with van der Waals surface area (Å²) in [6, 6.07) is 16.4. The van der Waals surface area contributed by atoms with Gasteiger partial charge >= 0.3 is 5.97 Å². The van der Waals surface area contributed by atoms with Gasteiger partial charge in [-0.1, -0.05) is 77.3 Å². The molecular formula is C29H29Cl3N2O6S. The van der Waals surface area contributed by atoms with E-state index >= 15 is 0 Å². The Balaban J connectivity index is 1.72. The number of esters is 1. The molecule has 0 radical (unpaired) electrons. The van der Waals surface area contributed by atoms with Crippen molar-refractivity contribution in [1.82, 2.24) is 0 Å². The van der Waals surface area contributed by atoms with Gasteiger partial charge in [0.2, 0.25) is 10.9 Å². The summed E-state index contributed by atoms with van der Waals surface area (Å²) >= 11 is 18.5. The smallest absolute Gasteiger partial charge is 0.306 e. The number of nitrogen functional groups attached to an aromatic ring is 1. The van der Waals surface area contributed by atoms with Crippen molar-refractivity contribution in [3.8, 4) is 16.9 Å². The van der Waals surface area contributed by atoms with Crippen LogP contribution in [0.5, 0.6) is 5.75 Å². The highest BCUT2D eigenvalue weighted by Gasteiger charge is 2.31. The number of nitrogens with one attached hydrogen (secondary N) is 1. The molecule has 0 heterocycles. The first kappa shape index (κ1) is 31.0. The average Bonchev–Trinajstić information content (AvgIpc) is 3.73. The molecule has 0 saturated heterocycles. The first-order valence-corrected chi connectivity index (χ1v) is 15.8. The summed E-state index contributed by atoms with van der Waals surface area (Å²) in [4.78, 5) is 26.4. The number of sulfone groups is 1. The Kier molecular flexibility index (Phi) is 10.1. The van der Waals surface area contributed by atoms with Crippen molar-refractivity contribution >= 4 is 67.9 Å². The molecule has 3 aromatic carbocycles. The van der Waals surface area contributed by atoms with Crippen molar-refractivity contribution in [3.63, 3.8) is 0 Å². The zero-order chi connectivity index (χ0) is 29.7. The van der Waals surface area contributed by atoms with Gasteiger partial charge in [-0.2, -0.15) is 0 Å². The van der Waals surface area contributed by atoms with E-state index in [0.717, 1.165) is 12.8 Å². The first-order valence-electron chi connectivity index (χ1n) is 12.9. The first-order chi connectivity index (χ1) is 19.5. The minimum atomic E-state index is -3.46. The van der Waals surface area contributed by atoms with Crippen molar-refractivity contribution in [1.29, 1.82) is 0 Å². The Labute approximate surface area is 254 Å². The SMILES string of the molecule is CCOC(=O)CC(C(=O)Nc1c(N)cc(Cl)c(-c2ccccc2)c1OC(Cl)Cl)c1ccc(S(=O)(=O)CC2CC2)cc1. The number of anilines is 2. The summed E-state index contributed by atoms with van der Waals surface area (Å²) in [7, 11) is -3.46. The Hall–Kier alpha value is -2.98. The van der Waals surface area contributed by atoms with Gasteiger partial charge in [-0.3, -0.25) is 9.59 Å². The molecule has 1 fully saturated rings. The van der Waals surface area contributed by atoms with Crippen LogP contribution < -0.4 is 15.8 Å². The van der Waals surface area contributed by atoms with Gasteiger partial charge in [0.05, 0.1) is 40.3 Å². The van der Waals surface area contributed by atoms with Crippen LogP contribution in [0.15, 0.2) is 65.6 Å². The highest BCUT2D eigenvalue weighted by Crippen LogP contribution is 2.46. The zero-order valence-electron chi connectivity index (χ0n) is 22.1. The highest BCUT2D eigenvalue weighted by molar-refractivity contribution is 7.91. The molecule has 4 rings (SSSR count). The number of hydrogen-bond donors (Lipinski definition) is 2. The molecule has 0 bridgehead atoms. The number of carbonyl (C=O) groups excluding carboxylic acids is 2. The number of rotatable bonds is 12. The highest BCUT2D eigenvalue weighted by atomic mass is 35.5. The van der Waals surface area contributed by atoms with E-state index in [2.05, 4.69) is 5.32 Å². The monoisotopic (exact) mass is 638 g/mol. The van der Waals surface area contributed by atoms with Gasteiger partial charge in [0.15, 0.2) is 15.6 Å². The van der Waals surface area contributed by atoms with E-state index in [9.17, 15) is 18.0 Å². The Morgan fingerprint density at radius 3 is 2.32 bits per heavy atom. The molecule has 8 nitrogen and oxygen atoms in total. The molecule has 3 N–H and O–H groups in total. The molecule has 1 unspecified atom stereocenters. The maximum absolute atomic E-state index is 13.8. The summed E-state index contributed by atoms with van der Waals surface area (Å²) in [6.45, 7) is 1.78. The number of amides is 1. The average molecular weight is 640 g/mol. The number of carbonyl (C=O) groups is 2. The summed E-state index contributed by atoms with van der Waals surface area (Å²) < 4.78 is 36.2. The topological polar surface area (TPSA) is 125 Å². The zero-order valence-corrected chi connectivity index (χ0v) is 25.2. The third kappa shape index (κ3) is 7.86. The lowest BCUT2D eigenvalue weighted by Gasteiger charge is -2.22. The van der Waals surface area contributed by atoms with E-state index in [1.807, 2.05) is 6.07 Å². The molecule has 12 heteroatoms. The second kappa shape index (κ2) is 13.3. The maximum atomic E-state index is 13.8. The molecule has 41 heavy (non-hydrogen) atoms. The number of halogens is 3. The lowest BCUT2D eigenvalue weighted by Crippen LogP contribution is -2.25. The third-order valence-corrected chi connectivity index (χ3v) is 8.94. The standard InChI is InChI=1S/C29H29Cl3N2O6S/c1-2-39-24(35)14-21(18-10-12-20(13-11-18)41(37,38)16-17-8-9-17)28(36)34-26-23(33)15-22(30)25(27(26)40-29(31)32)19-6-4-3-5-7-19/h3-7,10-13,15,17,21,29H,2,8-9,14,16,33H2,1H3,(H,34,36). The van der Waals surface area contributed by atoms with E-state index in [-0.39, 0.29) is 51.7 Å². The summed E-state index contributed by atoms with van der Waals surface area (Å²) in [5, 5.41) is 1.67. The second-order valence-electron chi connectivity index (χ2n) is 9.62. The minimum Gasteiger partial charge on any atom is -0.466 e. The predicted octanol–water partition coefficient (Wildman–Crippen LogP) is 6.59. The molecule has 3 aromatic rings. The van der Waals surface area contributed by atoms with E-state index in [1.54, 1.807) is 31.2 Å². The lowest BCUT2D eigenvalue weighted by atomic mass is 9.94. The van der Waals surface area contributed by atoms with Crippen LogP contribution >= 0.6 is 34.8 Å². The van der Waals surface area contributed by atoms with Gasteiger partial charge in [-0.25, -0.2) is 8.42 Å². The van der Waals surface area contributed by atoms with Crippen LogP contribution in [0.1, 0.15) is 37.7 Å². The van der Waals surface area contributed by atoms with Crippen molar-refractivity contribution in [2.75, 3.05) is 23.4 Å². The quantitative estimate of drug-likeness (QED) is 0.130. The minimum absolute atomic E-state index is 0.0425. The van der Waals surface area contributed by atoms with Crippen LogP contribution in [-0.4, -0.2) is 37.7 Å². The van der Waals surface area contributed by atoms with Crippen LogP contribution in [-0.2, 0) is 24.2 Å². The fourth-order valence-corrected chi connectivity index (χ4v) is 6.60. The Bertz CT molecular complexity index is 1510. The van der Waals surface area contributed by atoms with E-state index in [4.69, 9.17) is 50.0 Å². The molecule has 0 spiro atoms. The molecule has 1 aliphatic rings. The number of hydrogen-bond acceptors (Lipinski definition) is 7. The fourth-order valence-electron chi connectivity index (χ4n) is 4.41. The van der Waals surface area contributed by atoms with Crippen molar-refractivity contribution in [3.05, 3.63) is 71.2 Å². The van der Waals surface area contributed by atoms with Crippen molar-refractivity contribution in [2.24, 2.45) is 5.92 Å². The Morgan fingerprint density at radius 1 is 1.07 bits per heavy atom. The van der Waals surface area contributed by atoms with Gasteiger partial charge < -0.3 is 20.5 Å². The molecule has 1 saturated carbocycles. The Morgan fingerprint density at radius 2 is 1.73 bits per heavy atom. The molecule has 1 aliphatic carbocycles. The normalized spacial score (nSPS) is 14.0. The lowest BCUT2D eigenvalue weighted by molar-refractivity contribution is -0.144. The molecule has 1 atom stereocenters. The number of nitrogens with two attached hydrogens (primary N) is 1. The second-order valence-corrected chi connectivity index (χ2v) is 13.1. The van der Waals surface area contributed by atoms with Crippen molar-refractivity contribution < 1.29 is 27.5 Å². The fraction of sp³-hybridized carbons (Fsp3) is 0.310.